The highest BCUT2D eigenvalue weighted by atomic mass is 19.4. The van der Waals surface area contributed by atoms with Gasteiger partial charge in [-0.05, 0) is 61.4 Å². The second kappa shape index (κ2) is 22.1. The second-order valence-electron chi connectivity index (χ2n) is 18.9. The average molecular weight is 1200 g/mol. The summed E-state index contributed by atoms with van der Waals surface area (Å²) in [6.45, 7) is 0.289. The van der Waals surface area contributed by atoms with E-state index >= 15 is 0 Å². The van der Waals surface area contributed by atoms with Crippen LogP contribution in [0.5, 0.6) is 5.88 Å². The Bertz CT molecular complexity index is 3020. The Morgan fingerprint density at radius 1 is 0.402 bits per heavy atom. The van der Waals surface area contributed by atoms with E-state index in [1.165, 1.54) is 12.8 Å². The van der Waals surface area contributed by atoms with Crippen molar-refractivity contribution in [1.82, 2.24) is 0 Å². The number of nitrogens with zero attached hydrogens (tertiary/aromatic N) is 1. The molecule has 0 spiro atoms. The number of carbonyl (C=O) groups is 1. The van der Waals surface area contributed by atoms with Gasteiger partial charge in [-0.25, -0.2) is 0 Å². The molecule has 6 aromatic carbocycles. The van der Waals surface area contributed by atoms with Crippen molar-refractivity contribution < 1.29 is 119 Å². The molecule has 1 aliphatic carbocycles. The molecule has 438 valence electrons. The average Bonchev–Trinajstić information content (AvgIpc) is 3.93. The highest BCUT2D eigenvalue weighted by molar-refractivity contribution is 7.20. The fraction of sp³-hybridized carbons (Fsp3) is 0.259. The molecule has 0 amide bonds. The number of rotatable bonds is 9. The van der Waals surface area contributed by atoms with E-state index in [2.05, 4.69) is 18.2 Å². The zero-order valence-electron chi connectivity index (χ0n) is 40.8. The third kappa shape index (κ3) is 13.9. The van der Waals surface area contributed by atoms with Crippen molar-refractivity contribution in [2.75, 3.05) is 0 Å². The smallest absolute Gasteiger partial charge is 0.416 e. The minimum absolute atomic E-state index is 0.0946. The minimum atomic E-state index is -6.13. The summed E-state index contributed by atoms with van der Waals surface area (Å²) in [5.41, 5.74) is -29.5. The number of aromatic nitrogens is 1. The molecule has 0 saturated heterocycles. The highest BCUT2D eigenvalue weighted by Crippen LogP contribution is 2.42. The Balaban J connectivity index is 0.000000318. The van der Waals surface area contributed by atoms with E-state index in [1.54, 1.807) is 0 Å². The Hall–Kier alpha value is -7.42. The van der Waals surface area contributed by atoms with Gasteiger partial charge in [0.1, 0.15) is 12.2 Å². The lowest BCUT2D eigenvalue weighted by Gasteiger charge is -2.46. The molecule has 1 saturated carbocycles. The largest absolute Gasteiger partial charge is 0.441 e. The van der Waals surface area contributed by atoms with Gasteiger partial charge in [-0.1, -0.05) is 97.1 Å². The first-order chi connectivity index (χ1) is 37.6. The van der Waals surface area contributed by atoms with Crippen LogP contribution in [0.25, 0.3) is 10.8 Å². The lowest BCUT2D eigenvalue weighted by atomic mass is 9.12. The van der Waals surface area contributed by atoms with Crippen LogP contribution in [0.4, 0.5) is 105 Å². The van der Waals surface area contributed by atoms with Crippen molar-refractivity contribution in [3.05, 3.63) is 190 Å². The van der Waals surface area contributed by atoms with Gasteiger partial charge in [-0.2, -0.15) is 132 Å². The number of pyridine rings is 1. The predicted octanol–water partition coefficient (Wildman–Crippen LogP) is 15.5. The third-order valence-corrected chi connectivity index (χ3v) is 13.3. The summed E-state index contributed by atoms with van der Waals surface area (Å²) in [5, 5.41) is 2.21. The Morgan fingerprint density at radius 2 is 0.695 bits per heavy atom. The molecule has 0 unspecified atom stereocenters. The van der Waals surface area contributed by atoms with Crippen molar-refractivity contribution in [1.29, 1.82) is 0 Å². The lowest BCUT2D eigenvalue weighted by Crippen LogP contribution is -2.75. The molecule has 1 heterocycles. The molecule has 1 aromatic heterocycles. The van der Waals surface area contributed by atoms with Crippen LogP contribution < -0.4 is 31.2 Å². The van der Waals surface area contributed by atoms with E-state index in [0.29, 0.717) is 0 Å². The zero-order valence-corrected chi connectivity index (χ0v) is 40.8. The Labute approximate surface area is 446 Å². The van der Waals surface area contributed by atoms with Gasteiger partial charge in [0.15, 0.2) is 6.20 Å². The predicted molar refractivity (Wildman–Crippen MR) is 248 cm³/mol. The number of ether oxygens (including phenoxy) is 1. The molecule has 8 rings (SSSR count). The van der Waals surface area contributed by atoms with E-state index in [4.69, 9.17) is 4.74 Å². The lowest BCUT2D eigenvalue weighted by molar-refractivity contribution is -0.687. The maximum atomic E-state index is 14.2. The van der Waals surface area contributed by atoms with Crippen LogP contribution >= 0.6 is 0 Å². The third-order valence-electron chi connectivity index (χ3n) is 13.3. The molecule has 3 nitrogen and oxygen atoms in total. The molecule has 1 aliphatic rings. The fourth-order valence-electron chi connectivity index (χ4n) is 9.59. The normalized spacial score (nSPS) is 14.4. The fourth-order valence-corrected chi connectivity index (χ4v) is 9.59. The molecular formula is C54H34BF24NO2. The summed E-state index contributed by atoms with van der Waals surface area (Å²) in [7, 11) is 0. The van der Waals surface area contributed by atoms with Crippen LogP contribution in [0, 0.1) is 0 Å². The van der Waals surface area contributed by atoms with Crippen molar-refractivity contribution in [2.45, 2.75) is 87.7 Å². The Kier molecular flexibility index (Phi) is 16.7. The highest BCUT2D eigenvalue weighted by Gasteiger charge is 2.47. The van der Waals surface area contributed by atoms with Gasteiger partial charge in [-0.15, -0.1) is 0 Å². The molecule has 82 heavy (non-hydrogen) atoms. The summed E-state index contributed by atoms with van der Waals surface area (Å²) < 4.78 is 349. The monoisotopic (exact) mass is 1200 g/mol. The standard InChI is InChI=1S/C32H12BF24.C22H22NO2/c34-25(35,36)13-1-14(26(37,38)39)6-21(5-13)33(22-7-15(27(40,41)42)2-16(8-22)28(43,44)45,23-9-17(29(46,47)48)3-18(10-23)30(49,50)51)24-11-19(31(52,53)54)4-20(12-24)32(55,56)57;24-21(18-9-2-1-3-10-18)16-23-15-14-17-8-4-7-13-20(17)22(23)25-19-11-5-6-12-19/h1-12H;1-4,7-10,13-15,19H,5-6,11-12,16H2/q-1;+1. The number of ketones is 1. The summed E-state index contributed by atoms with van der Waals surface area (Å²) in [5.74, 6) is 0.909. The van der Waals surface area contributed by atoms with Crippen LogP contribution in [0.15, 0.2) is 140 Å². The van der Waals surface area contributed by atoms with E-state index in [1.807, 2.05) is 53.2 Å². The first-order valence-corrected chi connectivity index (χ1v) is 23.6. The number of hydrogen-bond acceptors (Lipinski definition) is 2. The van der Waals surface area contributed by atoms with Gasteiger partial charge in [0, 0.05) is 11.6 Å². The van der Waals surface area contributed by atoms with Gasteiger partial charge in [-0.3, -0.25) is 4.79 Å². The SMILES string of the molecule is FC(F)(F)c1cc([B-](c2cc(C(F)(F)F)cc(C(F)(F)F)c2)(c2cc(C(F)(F)F)cc(C(F)(F)F)c2)c2cc(C(F)(F)F)cc(C(F)(F)F)c2)cc(C(F)(F)F)c1.O=C(C[n+]1ccc2ccccc2c1OC1CCCC1)c1ccccc1. The van der Waals surface area contributed by atoms with E-state index in [9.17, 15) is 110 Å². The van der Waals surface area contributed by atoms with Crippen molar-refractivity contribution in [2.24, 2.45) is 0 Å². The van der Waals surface area contributed by atoms with Crippen molar-refractivity contribution >= 4 is 44.6 Å². The molecule has 0 bridgehead atoms. The molecular weight excluding hydrogens is 1160 g/mol. The number of hydrogen-bond donors (Lipinski definition) is 0. The number of benzene rings is 6. The summed E-state index contributed by atoms with van der Waals surface area (Å²) in [6.07, 6.45) is -48.0. The van der Waals surface area contributed by atoms with Gasteiger partial charge < -0.3 is 4.74 Å². The maximum Gasteiger partial charge on any atom is 0.416 e. The molecule has 7 aromatic rings. The molecule has 0 atom stereocenters. The number of alkyl halides is 24. The topological polar surface area (TPSA) is 30.2 Å². The number of Topliss-reactive ketones (excluding diaryl/α,β-unsaturated/α-hetero) is 1. The molecule has 1 fully saturated rings. The van der Waals surface area contributed by atoms with Gasteiger partial charge in [0.25, 0.3) is 0 Å². The Morgan fingerprint density at radius 3 is 1.00 bits per heavy atom. The number of fused-ring (bicyclic) bond motifs is 1. The van der Waals surface area contributed by atoms with Crippen LogP contribution in [0.1, 0.15) is 80.5 Å². The van der Waals surface area contributed by atoms with Crippen LogP contribution in [-0.4, -0.2) is 18.0 Å². The van der Waals surface area contributed by atoms with E-state index < -0.39 is 195 Å². The summed E-state index contributed by atoms with van der Waals surface area (Å²) >= 11 is 0. The summed E-state index contributed by atoms with van der Waals surface area (Å²) in [6, 6.07) is 10.9. The van der Waals surface area contributed by atoms with Crippen LogP contribution in [0.2, 0.25) is 0 Å². The van der Waals surface area contributed by atoms with Crippen LogP contribution in [-0.2, 0) is 56.0 Å². The molecule has 0 radical (unpaired) electrons. The zero-order chi connectivity index (χ0) is 61.0. The molecule has 0 N–H and O–H groups in total. The van der Waals surface area contributed by atoms with Crippen LogP contribution in [0.3, 0.4) is 0 Å². The summed E-state index contributed by atoms with van der Waals surface area (Å²) in [4.78, 5) is 12.7. The number of carbonyl (C=O) groups excluding carboxylic acids is 1. The second-order valence-corrected chi connectivity index (χ2v) is 18.9. The van der Waals surface area contributed by atoms with Crippen molar-refractivity contribution in [3.8, 4) is 5.88 Å². The number of halogens is 24. The van der Waals surface area contributed by atoms with Gasteiger partial charge in [0.05, 0.1) is 49.9 Å². The van der Waals surface area contributed by atoms with Gasteiger partial charge >= 0.3 is 55.3 Å². The quantitative estimate of drug-likeness (QED) is 0.0624. The van der Waals surface area contributed by atoms with E-state index in [-0.39, 0.29) is 18.4 Å². The van der Waals surface area contributed by atoms with Gasteiger partial charge in [0.2, 0.25) is 12.3 Å². The molecule has 28 heteroatoms. The first-order valence-electron chi connectivity index (χ1n) is 23.6. The first kappa shape index (κ1) is 62.2. The molecule has 0 aliphatic heterocycles. The van der Waals surface area contributed by atoms with E-state index in [0.717, 1.165) is 35.1 Å². The maximum absolute atomic E-state index is 14.2. The minimum Gasteiger partial charge on any atom is -0.441 e. The van der Waals surface area contributed by atoms with Crippen molar-refractivity contribution in [3.63, 3.8) is 0 Å².